The molecule has 3 rings (SSSR count). The summed E-state index contributed by atoms with van der Waals surface area (Å²) in [6.45, 7) is 2.09. The zero-order valence-corrected chi connectivity index (χ0v) is 8.46. The van der Waals surface area contributed by atoms with Crippen LogP contribution in [0.5, 0.6) is 0 Å². The van der Waals surface area contributed by atoms with Gasteiger partial charge in [-0.1, -0.05) is 11.6 Å². The second kappa shape index (κ2) is 2.98. The molecule has 1 unspecified atom stereocenters. The fourth-order valence-electron chi connectivity index (χ4n) is 2.28. The van der Waals surface area contributed by atoms with Crippen molar-refractivity contribution in [3.05, 3.63) is 11.2 Å². The minimum absolute atomic E-state index is 0.470. The molecule has 0 saturated carbocycles. The van der Waals surface area contributed by atoms with Crippen molar-refractivity contribution in [3.63, 3.8) is 0 Å². The summed E-state index contributed by atoms with van der Waals surface area (Å²) in [7, 11) is 0. The van der Waals surface area contributed by atoms with E-state index >= 15 is 0 Å². The molecule has 2 aliphatic rings. The summed E-state index contributed by atoms with van der Waals surface area (Å²) in [4.78, 5) is 2.38. The molecule has 1 saturated heterocycles. The SMILES string of the molecule is Clc1cc2c(nn1)NCC1CCCN21. The second-order valence-electron chi connectivity index (χ2n) is 3.77. The van der Waals surface area contributed by atoms with Gasteiger partial charge in [-0.3, -0.25) is 0 Å². The molecule has 1 atom stereocenters. The highest BCUT2D eigenvalue weighted by Gasteiger charge is 2.30. The van der Waals surface area contributed by atoms with Crippen LogP contribution in [0, 0.1) is 0 Å². The van der Waals surface area contributed by atoms with Crippen molar-refractivity contribution in [2.24, 2.45) is 0 Å². The van der Waals surface area contributed by atoms with Gasteiger partial charge < -0.3 is 10.2 Å². The van der Waals surface area contributed by atoms with Crippen molar-refractivity contribution in [1.29, 1.82) is 0 Å². The van der Waals surface area contributed by atoms with E-state index in [2.05, 4.69) is 20.4 Å². The normalized spacial score (nSPS) is 24.1. The van der Waals surface area contributed by atoms with E-state index < -0.39 is 0 Å². The molecule has 0 bridgehead atoms. The Labute approximate surface area is 87.3 Å². The Hall–Kier alpha value is -1.03. The Bertz CT molecular complexity index is 368. The first kappa shape index (κ1) is 8.29. The van der Waals surface area contributed by atoms with Crippen LogP contribution in [-0.2, 0) is 0 Å². The Kier molecular flexibility index (Phi) is 1.77. The molecule has 74 valence electrons. The van der Waals surface area contributed by atoms with Gasteiger partial charge in [0.25, 0.3) is 0 Å². The molecule has 0 amide bonds. The van der Waals surface area contributed by atoms with Crippen molar-refractivity contribution < 1.29 is 0 Å². The summed E-state index contributed by atoms with van der Waals surface area (Å²) in [5.74, 6) is 0.868. The van der Waals surface area contributed by atoms with Gasteiger partial charge in [0.05, 0.1) is 5.69 Å². The van der Waals surface area contributed by atoms with Crippen molar-refractivity contribution in [1.82, 2.24) is 10.2 Å². The first-order chi connectivity index (χ1) is 6.84. The summed E-state index contributed by atoms with van der Waals surface area (Å²) >= 11 is 5.84. The molecule has 2 aliphatic heterocycles. The van der Waals surface area contributed by atoms with Crippen LogP contribution in [0.3, 0.4) is 0 Å². The van der Waals surface area contributed by atoms with E-state index in [-0.39, 0.29) is 0 Å². The average molecular weight is 211 g/mol. The number of hydrogen-bond acceptors (Lipinski definition) is 4. The third-order valence-corrected chi connectivity index (χ3v) is 3.12. The Morgan fingerprint density at radius 1 is 1.50 bits per heavy atom. The van der Waals surface area contributed by atoms with Gasteiger partial charge in [0, 0.05) is 25.2 Å². The smallest absolute Gasteiger partial charge is 0.172 e. The molecule has 5 heteroatoms. The maximum absolute atomic E-state index is 5.84. The van der Waals surface area contributed by atoms with Crippen molar-refractivity contribution in [2.75, 3.05) is 23.3 Å². The number of aromatic nitrogens is 2. The summed E-state index contributed by atoms with van der Waals surface area (Å²) in [6, 6.07) is 2.51. The number of nitrogens with one attached hydrogen (secondary N) is 1. The molecule has 1 fully saturated rings. The van der Waals surface area contributed by atoms with E-state index in [0.717, 1.165) is 24.6 Å². The largest absolute Gasteiger partial charge is 0.365 e. The van der Waals surface area contributed by atoms with Gasteiger partial charge in [-0.25, -0.2) is 0 Å². The molecule has 0 radical (unpaired) electrons. The first-order valence-corrected chi connectivity index (χ1v) is 5.26. The molecular weight excluding hydrogens is 200 g/mol. The molecule has 4 nitrogen and oxygen atoms in total. The second-order valence-corrected chi connectivity index (χ2v) is 4.16. The molecular formula is C9H11ClN4. The standard InChI is InChI=1S/C9H11ClN4/c10-8-4-7-9(13-12-8)11-5-6-2-1-3-14(6)7/h4,6H,1-3,5H2,(H,11,13). The minimum atomic E-state index is 0.470. The molecule has 0 spiro atoms. The number of fused-ring (bicyclic) bond motifs is 3. The van der Waals surface area contributed by atoms with Gasteiger partial charge in [-0.05, 0) is 12.8 Å². The molecule has 1 aromatic rings. The average Bonchev–Trinajstić information content (AvgIpc) is 2.65. The van der Waals surface area contributed by atoms with Crippen LogP contribution in [-0.4, -0.2) is 29.3 Å². The van der Waals surface area contributed by atoms with Crippen LogP contribution in [0.25, 0.3) is 0 Å². The zero-order chi connectivity index (χ0) is 9.54. The topological polar surface area (TPSA) is 41.1 Å². The van der Waals surface area contributed by atoms with Crippen LogP contribution < -0.4 is 10.2 Å². The Morgan fingerprint density at radius 2 is 2.43 bits per heavy atom. The van der Waals surface area contributed by atoms with Crippen molar-refractivity contribution in [2.45, 2.75) is 18.9 Å². The van der Waals surface area contributed by atoms with E-state index in [4.69, 9.17) is 11.6 Å². The van der Waals surface area contributed by atoms with Crippen LogP contribution >= 0.6 is 11.6 Å². The highest BCUT2D eigenvalue weighted by Crippen LogP contribution is 2.35. The van der Waals surface area contributed by atoms with Crippen LogP contribution in [0.15, 0.2) is 6.07 Å². The number of anilines is 2. The summed E-state index contributed by atoms with van der Waals surface area (Å²) in [5, 5.41) is 11.6. The third-order valence-electron chi connectivity index (χ3n) is 2.94. The predicted octanol–water partition coefficient (Wildman–Crippen LogP) is 1.52. The van der Waals surface area contributed by atoms with Gasteiger partial charge in [0.2, 0.25) is 0 Å². The predicted molar refractivity (Wildman–Crippen MR) is 55.9 cm³/mol. The van der Waals surface area contributed by atoms with Crippen molar-refractivity contribution in [3.8, 4) is 0 Å². The van der Waals surface area contributed by atoms with Crippen molar-refractivity contribution >= 4 is 23.1 Å². The molecule has 14 heavy (non-hydrogen) atoms. The van der Waals surface area contributed by atoms with E-state index in [9.17, 15) is 0 Å². The number of halogens is 1. The Morgan fingerprint density at radius 3 is 3.36 bits per heavy atom. The fourth-order valence-corrected chi connectivity index (χ4v) is 2.42. The highest BCUT2D eigenvalue weighted by molar-refractivity contribution is 6.29. The molecule has 0 aliphatic carbocycles. The monoisotopic (exact) mass is 210 g/mol. The van der Waals surface area contributed by atoms with E-state index in [0.29, 0.717) is 11.2 Å². The van der Waals surface area contributed by atoms with Gasteiger partial charge in [0.15, 0.2) is 11.0 Å². The maximum atomic E-state index is 5.84. The fraction of sp³-hybridized carbons (Fsp3) is 0.556. The maximum Gasteiger partial charge on any atom is 0.172 e. The van der Waals surface area contributed by atoms with E-state index in [1.807, 2.05) is 6.07 Å². The van der Waals surface area contributed by atoms with Crippen LogP contribution in [0.1, 0.15) is 12.8 Å². The van der Waals surface area contributed by atoms with Crippen LogP contribution in [0.2, 0.25) is 5.15 Å². The highest BCUT2D eigenvalue weighted by atomic mass is 35.5. The molecule has 3 heterocycles. The van der Waals surface area contributed by atoms with Crippen LogP contribution in [0.4, 0.5) is 11.5 Å². The summed E-state index contributed by atoms with van der Waals surface area (Å²) < 4.78 is 0. The van der Waals surface area contributed by atoms with Gasteiger partial charge >= 0.3 is 0 Å². The lowest BCUT2D eigenvalue weighted by molar-refractivity contribution is 0.675. The number of rotatable bonds is 0. The Balaban J connectivity index is 2.07. The minimum Gasteiger partial charge on any atom is -0.365 e. The number of hydrogen-bond donors (Lipinski definition) is 1. The lowest BCUT2D eigenvalue weighted by atomic mass is 10.2. The quantitative estimate of drug-likeness (QED) is 0.705. The third kappa shape index (κ3) is 1.14. The zero-order valence-electron chi connectivity index (χ0n) is 7.70. The lowest BCUT2D eigenvalue weighted by Crippen LogP contribution is -2.39. The number of nitrogens with zero attached hydrogens (tertiary/aromatic N) is 3. The molecule has 0 aromatic carbocycles. The van der Waals surface area contributed by atoms with E-state index in [1.54, 1.807) is 0 Å². The summed E-state index contributed by atoms with van der Waals surface area (Å²) in [5.41, 5.74) is 1.11. The molecule has 1 aromatic heterocycles. The summed E-state index contributed by atoms with van der Waals surface area (Å²) in [6.07, 6.45) is 2.51. The lowest BCUT2D eigenvalue weighted by Gasteiger charge is -2.33. The van der Waals surface area contributed by atoms with Gasteiger partial charge in [0.1, 0.15) is 0 Å². The molecule has 1 N–H and O–H groups in total. The van der Waals surface area contributed by atoms with Gasteiger partial charge in [-0.15, -0.1) is 10.2 Å². The first-order valence-electron chi connectivity index (χ1n) is 4.88. The van der Waals surface area contributed by atoms with E-state index in [1.165, 1.54) is 12.8 Å². The van der Waals surface area contributed by atoms with Gasteiger partial charge in [-0.2, -0.15) is 0 Å².